The fraction of sp³-hybridized carbons (Fsp3) is 0.636. The quantitative estimate of drug-likeness (QED) is 0.695. The second kappa shape index (κ2) is 10.5. The van der Waals surface area contributed by atoms with Crippen molar-refractivity contribution in [3.05, 3.63) is 24.3 Å². The molecule has 1 aliphatic heterocycles. The van der Waals surface area contributed by atoms with Gasteiger partial charge >= 0.3 is 0 Å². The number of hydrogen-bond donors (Lipinski definition) is 1. The first-order valence-corrected chi connectivity index (χ1v) is 10.3. The number of carbonyl (C=O) groups is 2. The normalized spacial score (nSPS) is 16.5. The molecule has 156 valence electrons. The topological polar surface area (TPSA) is 67.9 Å². The molecule has 1 fully saturated rings. The number of piperidine rings is 1. The minimum absolute atomic E-state index is 0.0262. The maximum atomic E-state index is 12.7. The van der Waals surface area contributed by atoms with E-state index >= 15 is 0 Å². The number of nitrogens with zero attached hydrogens (tertiary/aromatic N) is 1. The van der Waals surface area contributed by atoms with Crippen molar-refractivity contribution in [1.82, 2.24) is 4.90 Å². The van der Waals surface area contributed by atoms with E-state index in [2.05, 4.69) is 19.2 Å². The van der Waals surface area contributed by atoms with Crippen LogP contribution in [0.5, 0.6) is 5.75 Å². The summed E-state index contributed by atoms with van der Waals surface area (Å²) >= 11 is 0. The minimum atomic E-state index is -0.862. The van der Waals surface area contributed by atoms with Gasteiger partial charge in [-0.25, -0.2) is 0 Å². The Bertz CT molecular complexity index is 638. The molecule has 1 heterocycles. The monoisotopic (exact) mass is 390 g/mol. The van der Waals surface area contributed by atoms with Crippen molar-refractivity contribution in [2.45, 2.75) is 59.0 Å². The highest BCUT2D eigenvalue weighted by Gasteiger charge is 2.34. The number of rotatable bonds is 9. The van der Waals surface area contributed by atoms with Crippen molar-refractivity contribution >= 4 is 17.5 Å². The largest absolute Gasteiger partial charge is 0.484 e. The maximum Gasteiger partial charge on any atom is 0.260 e. The molecule has 1 aromatic carbocycles. The summed E-state index contributed by atoms with van der Waals surface area (Å²) in [4.78, 5) is 26.8. The molecule has 1 saturated heterocycles. The lowest BCUT2D eigenvalue weighted by atomic mass is 9.93. The third kappa shape index (κ3) is 6.51. The molecule has 1 N–H and O–H groups in total. The van der Waals surface area contributed by atoms with Crippen LogP contribution in [-0.2, 0) is 14.3 Å². The molecule has 2 amide bonds. The molecule has 0 bridgehead atoms. The Morgan fingerprint density at radius 1 is 1.14 bits per heavy atom. The number of anilines is 1. The van der Waals surface area contributed by atoms with Crippen LogP contribution in [0, 0.1) is 5.92 Å². The van der Waals surface area contributed by atoms with Crippen LogP contribution in [-0.4, -0.2) is 48.6 Å². The smallest absolute Gasteiger partial charge is 0.260 e. The summed E-state index contributed by atoms with van der Waals surface area (Å²) in [5, 5.41) is 2.92. The highest BCUT2D eigenvalue weighted by Crippen LogP contribution is 2.24. The number of ether oxygens (including phenoxy) is 2. The van der Waals surface area contributed by atoms with Gasteiger partial charge in [-0.15, -0.1) is 0 Å². The second-order valence-electron chi connectivity index (χ2n) is 7.97. The van der Waals surface area contributed by atoms with Crippen LogP contribution in [0.2, 0.25) is 0 Å². The van der Waals surface area contributed by atoms with Gasteiger partial charge in [0, 0.05) is 25.4 Å². The van der Waals surface area contributed by atoms with Gasteiger partial charge in [-0.1, -0.05) is 13.8 Å². The first-order valence-electron chi connectivity index (χ1n) is 10.3. The van der Waals surface area contributed by atoms with Crippen LogP contribution in [0.3, 0.4) is 0 Å². The minimum Gasteiger partial charge on any atom is -0.484 e. The number of benzene rings is 1. The molecular formula is C22H34N2O4. The summed E-state index contributed by atoms with van der Waals surface area (Å²) in [5.41, 5.74) is -0.187. The lowest BCUT2D eigenvalue weighted by Crippen LogP contribution is -2.43. The molecular weight excluding hydrogens is 356 g/mol. The van der Waals surface area contributed by atoms with E-state index in [-0.39, 0.29) is 18.4 Å². The van der Waals surface area contributed by atoms with E-state index in [1.54, 1.807) is 24.3 Å². The zero-order valence-electron chi connectivity index (χ0n) is 17.6. The Labute approximate surface area is 168 Å². The highest BCUT2D eigenvalue weighted by atomic mass is 16.5. The van der Waals surface area contributed by atoms with Crippen LogP contribution in [0.15, 0.2) is 24.3 Å². The third-order valence-corrected chi connectivity index (χ3v) is 4.92. The van der Waals surface area contributed by atoms with E-state index in [9.17, 15) is 9.59 Å². The Morgan fingerprint density at radius 2 is 1.79 bits per heavy atom. The van der Waals surface area contributed by atoms with Gasteiger partial charge in [-0.2, -0.15) is 0 Å². The summed E-state index contributed by atoms with van der Waals surface area (Å²) < 4.78 is 11.4. The highest BCUT2D eigenvalue weighted by molar-refractivity contribution is 5.97. The number of amides is 2. The second-order valence-corrected chi connectivity index (χ2v) is 7.97. The van der Waals surface area contributed by atoms with Gasteiger partial charge in [0.25, 0.3) is 11.8 Å². The fourth-order valence-corrected chi connectivity index (χ4v) is 3.59. The predicted molar refractivity (Wildman–Crippen MR) is 110 cm³/mol. The lowest BCUT2D eigenvalue weighted by molar-refractivity contribution is -0.140. The van der Waals surface area contributed by atoms with Gasteiger partial charge in [0.15, 0.2) is 6.61 Å². The first kappa shape index (κ1) is 22.2. The van der Waals surface area contributed by atoms with Crippen molar-refractivity contribution < 1.29 is 19.1 Å². The van der Waals surface area contributed by atoms with E-state index in [1.807, 2.05) is 18.7 Å². The van der Waals surface area contributed by atoms with E-state index in [4.69, 9.17) is 9.47 Å². The Kier molecular flexibility index (Phi) is 8.30. The average molecular weight is 391 g/mol. The number of hydrogen-bond acceptors (Lipinski definition) is 4. The molecule has 6 heteroatoms. The van der Waals surface area contributed by atoms with Crippen molar-refractivity contribution in [2.75, 3.05) is 31.6 Å². The van der Waals surface area contributed by atoms with E-state index < -0.39 is 5.60 Å². The third-order valence-electron chi connectivity index (χ3n) is 4.92. The summed E-state index contributed by atoms with van der Waals surface area (Å²) in [6, 6.07) is 7.08. The van der Waals surface area contributed by atoms with Crippen molar-refractivity contribution in [3.63, 3.8) is 0 Å². The number of carbonyl (C=O) groups excluding carboxylic acids is 2. The molecule has 0 aromatic heterocycles. The number of likely N-dealkylation sites (tertiary alicyclic amines) is 1. The molecule has 0 spiro atoms. The van der Waals surface area contributed by atoms with Crippen molar-refractivity contribution in [1.29, 1.82) is 0 Å². The Hall–Kier alpha value is -2.08. The number of nitrogens with one attached hydrogen (secondary N) is 1. The van der Waals surface area contributed by atoms with Crippen LogP contribution < -0.4 is 10.1 Å². The van der Waals surface area contributed by atoms with Gasteiger partial charge in [0.05, 0.1) is 0 Å². The summed E-state index contributed by atoms with van der Waals surface area (Å²) in [6.07, 6.45) is 3.97. The molecule has 1 aliphatic rings. The summed E-state index contributed by atoms with van der Waals surface area (Å²) in [7, 11) is 0. The molecule has 0 saturated carbocycles. The van der Waals surface area contributed by atoms with E-state index in [0.717, 1.165) is 25.9 Å². The summed E-state index contributed by atoms with van der Waals surface area (Å²) in [6.45, 7) is 10.0. The van der Waals surface area contributed by atoms with Gasteiger partial charge < -0.3 is 19.7 Å². The summed E-state index contributed by atoms with van der Waals surface area (Å²) in [5.74, 6) is 0.823. The maximum absolute atomic E-state index is 12.7. The molecule has 0 radical (unpaired) electrons. The zero-order chi connectivity index (χ0) is 20.6. The molecule has 1 unspecified atom stereocenters. The van der Waals surface area contributed by atoms with Crippen LogP contribution in [0.4, 0.5) is 5.69 Å². The van der Waals surface area contributed by atoms with Gasteiger partial charge in [0.2, 0.25) is 0 Å². The predicted octanol–water partition coefficient (Wildman–Crippen LogP) is 3.86. The molecule has 0 aliphatic carbocycles. The van der Waals surface area contributed by atoms with Gasteiger partial charge in [0.1, 0.15) is 11.4 Å². The molecule has 6 nitrogen and oxygen atoms in total. The van der Waals surface area contributed by atoms with Crippen LogP contribution in [0.25, 0.3) is 0 Å². The Morgan fingerprint density at radius 3 is 2.36 bits per heavy atom. The van der Waals surface area contributed by atoms with Crippen molar-refractivity contribution in [3.8, 4) is 5.75 Å². The Balaban J connectivity index is 1.88. The lowest BCUT2D eigenvalue weighted by Gasteiger charge is -2.29. The van der Waals surface area contributed by atoms with Gasteiger partial charge in [-0.05, 0) is 69.7 Å². The van der Waals surface area contributed by atoms with E-state index in [0.29, 0.717) is 30.4 Å². The zero-order valence-corrected chi connectivity index (χ0v) is 17.6. The van der Waals surface area contributed by atoms with Crippen LogP contribution in [0.1, 0.15) is 53.4 Å². The van der Waals surface area contributed by atoms with Crippen molar-refractivity contribution in [2.24, 2.45) is 5.92 Å². The standard InChI is InChI=1S/C22H34N2O4/c1-5-28-22(4,15-17(2)3)21(26)23-18-9-11-19(12-10-18)27-16-20(25)24-13-7-6-8-14-24/h9-12,17H,5-8,13-16H2,1-4H3,(H,23,26). The van der Waals surface area contributed by atoms with E-state index in [1.165, 1.54) is 6.42 Å². The molecule has 2 rings (SSSR count). The average Bonchev–Trinajstić information content (AvgIpc) is 2.67. The fourth-order valence-electron chi connectivity index (χ4n) is 3.59. The van der Waals surface area contributed by atoms with Gasteiger partial charge in [-0.3, -0.25) is 9.59 Å². The molecule has 28 heavy (non-hydrogen) atoms. The molecule has 1 atom stereocenters. The van der Waals surface area contributed by atoms with Crippen LogP contribution >= 0.6 is 0 Å². The molecule has 1 aromatic rings. The SMILES string of the molecule is CCOC(C)(CC(C)C)C(=O)Nc1ccc(OCC(=O)N2CCCCC2)cc1. The first-order chi connectivity index (χ1) is 13.3.